The summed E-state index contributed by atoms with van der Waals surface area (Å²) < 4.78 is 22.7. The highest BCUT2D eigenvalue weighted by atomic mass is 79.9. The minimum atomic E-state index is -0.510. The molecule has 0 aliphatic carbocycles. The molecular weight excluding hydrogens is 439 g/mol. The van der Waals surface area contributed by atoms with Crippen LogP contribution in [-0.2, 0) is 11.8 Å². The largest absolute Gasteiger partial charge is 0.370 e. The van der Waals surface area contributed by atoms with Crippen LogP contribution in [0.5, 0.6) is 0 Å². The van der Waals surface area contributed by atoms with Crippen molar-refractivity contribution in [3.05, 3.63) is 74.5 Å². The predicted octanol–water partition coefficient (Wildman–Crippen LogP) is 3.63. The van der Waals surface area contributed by atoms with E-state index in [1.54, 1.807) is 7.05 Å². The van der Waals surface area contributed by atoms with E-state index >= 15 is 0 Å². The summed E-state index contributed by atoms with van der Waals surface area (Å²) in [5.74, 6) is -0.0183. The second-order valence-corrected chi connectivity index (χ2v) is 7.86. The van der Waals surface area contributed by atoms with Crippen LogP contribution in [0.2, 0.25) is 0 Å². The van der Waals surface area contributed by atoms with Crippen LogP contribution in [-0.4, -0.2) is 34.2 Å². The Morgan fingerprint density at radius 1 is 1.28 bits per heavy atom. The molecule has 1 fully saturated rings. The Balaban J connectivity index is 1.69. The van der Waals surface area contributed by atoms with Gasteiger partial charge in [0.25, 0.3) is 5.56 Å². The Labute approximate surface area is 176 Å². The van der Waals surface area contributed by atoms with Gasteiger partial charge in [0.05, 0.1) is 25.0 Å². The number of rotatable bonds is 3. The first-order valence-corrected chi connectivity index (χ1v) is 10.0. The van der Waals surface area contributed by atoms with Crippen LogP contribution < -0.4 is 10.5 Å². The zero-order chi connectivity index (χ0) is 20.5. The van der Waals surface area contributed by atoms with Crippen LogP contribution in [0.3, 0.4) is 0 Å². The Kier molecular flexibility index (Phi) is 5.47. The molecule has 0 N–H and O–H groups in total. The zero-order valence-electron chi connectivity index (χ0n) is 16.1. The van der Waals surface area contributed by atoms with Gasteiger partial charge in [0.2, 0.25) is 5.95 Å². The highest BCUT2D eigenvalue weighted by Gasteiger charge is 2.25. The quantitative estimate of drug-likeness (QED) is 0.599. The van der Waals surface area contributed by atoms with Crippen molar-refractivity contribution < 1.29 is 9.13 Å². The molecular formula is C21H20BrFN4O2. The van der Waals surface area contributed by atoms with E-state index in [9.17, 15) is 9.18 Å². The third-order valence-electron chi connectivity index (χ3n) is 5.06. The molecule has 0 spiro atoms. The van der Waals surface area contributed by atoms with Gasteiger partial charge in [0.15, 0.2) is 5.82 Å². The first-order chi connectivity index (χ1) is 13.9. The first-order valence-electron chi connectivity index (χ1n) is 9.24. The molecule has 29 heavy (non-hydrogen) atoms. The summed E-state index contributed by atoms with van der Waals surface area (Å²) in [4.78, 5) is 22.9. The first kappa shape index (κ1) is 19.7. The van der Waals surface area contributed by atoms with Crippen molar-refractivity contribution in [2.75, 3.05) is 24.6 Å². The van der Waals surface area contributed by atoms with E-state index in [0.717, 1.165) is 21.8 Å². The van der Waals surface area contributed by atoms with E-state index in [1.807, 2.05) is 24.0 Å². The Bertz CT molecular complexity index is 1120. The number of morpholine rings is 1. The standard InChI is InChI=1S/C21H20BrFN4O2/c1-13-9-14(3-4-16(13)22)19-12-27(7-8-29-19)21-25-18(10-20(28)26(21)2)15-5-6-24-11-17(15)23/h3-6,9-11,19H,7-8,12H2,1-2H3/t19-/m1/s1. The average molecular weight is 459 g/mol. The molecule has 0 bridgehead atoms. The van der Waals surface area contributed by atoms with Crippen LogP contribution >= 0.6 is 15.9 Å². The van der Waals surface area contributed by atoms with Gasteiger partial charge in [-0.2, -0.15) is 0 Å². The van der Waals surface area contributed by atoms with Crippen molar-refractivity contribution in [2.45, 2.75) is 13.0 Å². The lowest BCUT2D eigenvalue weighted by Crippen LogP contribution is -2.41. The Morgan fingerprint density at radius 3 is 2.86 bits per heavy atom. The van der Waals surface area contributed by atoms with Crippen LogP contribution in [0.4, 0.5) is 10.3 Å². The van der Waals surface area contributed by atoms with Crippen molar-refractivity contribution in [2.24, 2.45) is 7.05 Å². The van der Waals surface area contributed by atoms with E-state index in [0.29, 0.717) is 31.3 Å². The number of ether oxygens (including phenoxy) is 1. The third-order valence-corrected chi connectivity index (χ3v) is 5.95. The van der Waals surface area contributed by atoms with Crippen molar-refractivity contribution in [1.29, 1.82) is 0 Å². The van der Waals surface area contributed by atoms with Crippen molar-refractivity contribution in [1.82, 2.24) is 14.5 Å². The average Bonchev–Trinajstić information content (AvgIpc) is 2.72. The van der Waals surface area contributed by atoms with Crippen molar-refractivity contribution in [3.63, 3.8) is 0 Å². The van der Waals surface area contributed by atoms with Crippen LogP contribution in [0, 0.1) is 12.7 Å². The molecule has 0 saturated carbocycles. The minimum Gasteiger partial charge on any atom is -0.370 e. The maximum Gasteiger partial charge on any atom is 0.255 e. The van der Waals surface area contributed by atoms with Gasteiger partial charge in [-0.1, -0.05) is 28.1 Å². The summed E-state index contributed by atoms with van der Waals surface area (Å²) in [6, 6.07) is 8.99. The molecule has 150 valence electrons. The number of nitrogens with zero attached hydrogens (tertiary/aromatic N) is 4. The second-order valence-electron chi connectivity index (χ2n) is 7.01. The molecule has 0 amide bonds. The zero-order valence-corrected chi connectivity index (χ0v) is 17.7. The fourth-order valence-electron chi connectivity index (χ4n) is 3.43. The predicted molar refractivity (Wildman–Crippen MR) is 112 cm³/mol. The summed E-state index contributed by atoms with van der Waals surface area (Å²) in [5, 5.41) is 0. The number of benzene rings is 1. The fraction of sp³-hybridized carbons (Fsp3) is 0.286. The van der Waals surface area contributed by atoms with Crippen LogP contribution in [0.1, 0.15) is 17.2 Å². The van der Waals surface area contributed by atoms with Gasteiger partial charge in [-0.05, 0) is 30.2 Å². The lowest BCUT2D eigenvalue weighted by Gasteiger charge is -2.34. The van der Waals surface area contributed by atoms with Gasteiger partial charge in [0, 0.05) is 35.9 Å². The smallest absolute Gasteiger partial charge is 0.255 e. The molecule has 3 aromatic rings. The number of aryl methyl sites for hydroxylation is 1. The molecule has 1 aromatic carbocycles. The van der Waals surface area contributed by atoms with Crippen LogP contribution in [0.25, 0.3) is 11.3 Å². The maximum atomic E-state index is 14.2. The number of pyridine rings is 1. The minimum absolute atomic E-state index is 0.145. The van der Waals surface area contributed by atoms with Gasteiger partial charge >= 0.3 is 0 Å². The maximum absolute atomic E-state index is 14.2. The summed E-state index contributed by atoms with van der Waals surface area (Å²) >= 11 is 3.52. The summed E-state index contributed by atoms with van der Waals surface area (Å²) in [5.41, 5.74) is 2.50. The summed E-state index contributed by atoms with van der Waals surface area (Å²) in [6.07, 6.45) is 2.46. The molecule has 4 rings (SSSR count). The van der Waals surface area contributed by atoms with E-state index in [2.05, 4.69) is 32.0 Å². The number of hydrogen-bond donors (Lipinski definition) is 0. The Morgan fingerprint density at radius 2 is 2.10 bits per heavy atom. The lowest BCUT2D eigenvalue weighted by atomic mass is 10.1. The molecule has 2 aromatic heterocycles. The fourth-order valence-corrected chi connectivity index (χ4v) is 3.68. The molecule has 0 radical (unpaired) electrons. The molecule has 1 saturated heterocycles. The van der Waals surface area contributed by atoms with E-state index in [4.69, 9.17) is 4.74 Å². The molecule has 8 heteroatoms. The molecule has 3 heterocycles. The van der Waals surface area contributed by atoms with Gasteiger partial charge in [0.1, 0.15) is 6.10 Å². The number of anilines is 1. The molecule has 1 aliphatic heterocycles. The number of halogens is 2. The summed E-state index contributed by atoms with van der Waals surface area (Å²) in [7, 11) is 1.67. The topological polar surface area (TPSA) is 60.2 Å². The molecule has 1 aliphatic rings. The molecule has 1 atom stereocenters. The highest BCUT2D eigenvalue weighted by Crippen LogP contribution is 2.28. The van der Waals surface area contributed by atoms with E-state index in [-0.39, 0.29) is 17.2 Å². The Hall–Kier alpha value is -2.58. The van der Waals surface area contributed by atoms with Gasteiger partial charge in [-0.3, -0.25) is 14.3 Å². The van der Waals surface area contributed by atoms with E-state index < -0.39 is 5.82 Å². The third kappa shape index (κ3) is 3.95. The van der Waals surface area contributed by atoms with Crippen LogP contribution in [0.15, 0.2) is 52.0 Å². The van der Waals surface area contributed by atoms with Crippen molar-refractivity contribution >= 4 is 21.9 Å². The number of aromatic nitrogens is 3. The lowest BCUT2D eigenvalue weighted by molar-refractivity contribution is 0.0389. The second kappa shape index (κ2) is 8.04. The normalized spacial score (nSPS) is 16.8. The van der Waals surface area contributed by atoms with E-state index in [1.165, 1.54) is 22.9 Å². The molecule has 6 nitrogen and oxygen atoms in total. The van der Waals surface area contributed by atoms with Gasteiger partial charge < -0.3 is 9.64 Å². The monoisotopic (exact) mass is 458 g/mol. The van der Waals surface area contributed by atoms with Gasteiger partial charge in [-0.15, -0.1) is 0 Å². The molecule has 0 unspecified atom stereocenters. The SMILES string of the molecule is Cc1cc([C@H]2CN(c3nc(-c4ccncc4F)cc(=O)n3C)CCO2)ccc1Br. The number of hydrogen-bond acceptors (Lipinski definition) is 5. The summed E-state index contributed by atoms with van der Waals surface area (Å²) in [6.45, 7) is 3.67. The highest BCUT2D eigenvalue weighted by molar-refractivity contribution is 9.10. The van der Waals surface area contributed by atoms with Crippen molar-refractivity contribution in [3.8, 4) is 11.3 Å². The van der Waals surface area contributed by atoms with Gasteiger partial charge in [-0.25, -0.2) is 9.37 Å².